The fourth-order valence-electron chi connectivity index (χ4n) is 1.92. The quantitative estimate of drug-likeness (QED) is 0.658. The second-order valence-corrected chi connectivity index (χ2v) is 4.52. The van der Waals surface area contributed by atoms with Gasteiger partial charge in [-0.1, -0.05) is 36.4 Å². The van der Waals surface area contributed by atoms with Gasteiger partial charge in [0.05, 0.1) is 4.88 Å². The summed E-state index contributed by atoms with van der Waals surface area (Å²) in [4.78, 5) is 11.8. The zero-order valence-electron chi connectivity index (χ0n) is 7.94. The van der Waals surface area contributed by atoms with Crippen LogP contribution in [0.15, 0.2) is 30.4 Å². The highest BCUT2D eigenvalue weighted by molar-refractivity contribution is 7.20. The summed E-state index contributed by atoms with van der Waals surface area (Å²) >= 11 is 1.56. The number of carbonyl (C=O) groups is 1. The molecule has 1 nitrogen and oxygen atoms in total. The van der Waals surface area contributed by atoms with E-state index in [4.69, 9.17) is 0 Å². The lowest BCUT2D eigenvalue weighted by atomic mass is 10.1. The molecule has 72 valence electrons. The van der Waals surface area contributed by atoms with Gasteiger partial charge in [-0.25, -0.2) is 0 Å². The molecule has 1 aliphatic carbocycles. The molecule has 2 heteroatoms. The van der Waals surface area contributed by atoms with Crippen LogP contribution >= 0.6 is 11.3 Å². The van der Waals surface area contributed by atoms with Gasteiger partial charge in [-0.3, -0.25) is 4.79 Å². The average Bonchev–Trinajstić information content (AvgIpc) is 2.47. The van der Waals surface area contributed by atoms with E-state index in [9.17, 15) is 4.79 Å². The molecule has 3 rings (SSSR count). The summed E-state index contributed by atoms with van der Waals surface area (Å²) in [6, 6.07) is 6.17. The topological polar surface area (TPSA) is 17.1 Å². The van der Waals surface area contributed by atoms with Crippen LogP contribution in [0.4, 0.5) is 0 Å². The number of benzene rings is 1. The highest BCUT2D eigenvalue weighted by Crippen LogP contribution is 2.35. The average molecular weight is 212 g/mol. The Kier molecular flexibility index (Phi) is 1.82. The normalized spacial score (nSPS) is 13.1. The number of rotatable bonds is 1. The third-order valence-electron chi connectivity index (χ3n) is 2.57. The van der Waals surface area contributed by atoms with Gasteiger partial charge < -0.3 is 0 Å². The van der Waals surface area contributed by atoms with Crippen LogP contribution in [-0.2, 0) is 0 Å². The number of aldehydes is 1. The minimum Gasteiger partial charge on any atom is -0.297 e. The van der Waals surface area contributed by atoms with Crippen molar-refractivity contribution < 1.29 is 4.79 Å². The first kappa shape index (κ1) is 8.62. The van der Waals surface area contributed by atoms with Crippen molar-refractivity contribution in [2.24, 2.45) is 0 Å². The maximum atomic E-state index is 11.0. The van der Waals surface area contributed by atoms with E-state index in [2.05, 4.69) is 18.2 Å². The van der Waals surface area contributed by atoms with Gasteiger partial charge in [0.15, 0.2) is 6.29 Å². The van der Waals surface area contributed by atoms with E-state index in [-0.39, 0.29) is 0 Å². The van der Waals surface area contributed by atoms with E-state index in [1.54, 1.807) is 11.3 Å². The van der Waals surface area contributed by atoms with Gasteiger partial charge in [-0.2, -0.15) is 0 Å². The molecule has 0 N–H and O–H groups in total. The van der Waals surface area contributed by atoms with Crippen molar-refractivity contribution in [1.82, 2.24) is 0 Å². The second-order valence-electron chi connectivity index (χ2n) is 3.44. The van der Waals surface area contributed by atoms with Crippen LogP contribution in [0.25, 0.3) is 22.2 Å². The monoisotopic (exact) mass is 212 g/mol. The Balaban J connectivity index is 2.54. The lowest BCUT2D eigenvalue weighted by Gasteiger charge is -1.96. The van der Waals surface area contributed by atoms with Gasteiger partial charge in [0.2, 0.25) is 0 Å². The summed E-state index contributed by atoms with van der Waals surface area (Å²) in [5, 5.41) is 1.20. The molecule has 1 heterocycles. The molecule has 0 fully saturated rings. The first-order valence-corrected chi connectivity index (χ1v) is 5.57. The molecule has 2 aromatic rings. The molecule has 0 spiro atoms. The molecular formula is C13H8OS. The highest BCUT2D eigenvalue weighted by atomic mass is 32.1. The molecule has 0 aliphatic heterocycles. The van der Waals surface area contributed by atoms with Gasteiger partial charge in [-0.15, -0.1) is 11.3 Å². The van der Waals surface area contributed by atoms with E-state index >= 15 is 0 Å². The third-order valence-corrected chi connectivity index (χ3v) is 3.67. The van der Waals surface area contributed by atoms with Crippen LogP contribution in [0, 0.1) is 0 Å². The number of hydrogen-bond acceptors (Lipinski definition) is 2. The summed E-state index contributed by atoms with van der Waals surface area (Å²) < 4.78 is 1.18. The Morgan fingerprint density at radius 2 is 2.00 bits per heavy atom. The fourth-order valence-corrected chi connectivity index (χ4v) is 2.96. The lowest BCUT2D eigenvalue weighted by Crippen LogP contribution is -1.78. The van der Waals surface area contributed by atoms with Crippen LogP contribution in [0.1, 0.15) is 20.8 Å². The summed E-state index contributed by atoms with van der Waals surface area (Å²) in [5.41, 5.74) is 2.25. The molecule has 0 unspecified atom stereocenters. The standard InChI is InChI=1S/C13H8OS/c14-8-12-10-6-2-1-4-9-5-3-7-11(15-12)13(9)10/h1-8H. The largest absolute Gasteiger partial charge is 0.297 e. The highest BCUT2D eigenvalue weighted by Gasteiger charge is 2.12. The van der Waals surface area contributed by atoms with Gasteiger partial charge >= 0.3 is 0 Å². The van der Waals surface area contributed by atoms with Crippen LogP contribution in [0.3, 0.4) is 0 Å². The Morgan fingerprint density at radius 1 is 1.13 bits per heavy atom. The van der Waals surface area contributed by atoms with Crippen LogP contribution in [0.5, 0.6) is 0 Å². The number of thiophene rings is 1. The third kappa shape index (κ3) is 1.18. The molecule has 0 saturated carbocycles. The van der Waals surface area contributed by atoms with Crippen LogP contribution in [-0.4, -0.2) is 6.29 Å². The second kappa shape index (κ2) is 3.17. The SMILES string of the molecule is O=Cc1sc2cccc3c2c1C=CC=C3. The summed E-state index contributed by atoms with van der Waals surface area (Å²) in [6.07, 6.45) is 9.02. The summed E-state index contributed by atoms with van der Waals surface area (Å²) in [7, 11) is 0. The Labute approximate surface area is 91.4 Å². The fraction of sp³-hybridized carbons (Fsp3) is 0. The molecule has 0 bridgehead atoms. The lowest BCUT2D eigenvalue weighted by molar-refractivity contribution is 0.112. The van der Waals surface area contributed by atoms with Crippen molar-refractivity contribution in [3.8, 4) is 0 Å². The Bertz CT molecular complexity index is 602. The first-order chi connectivity index (χ1) is 7.40. The summed E-state index contributed by atoms with van der Waals surface area (Å²) in [6.45, 7) is 0. The number of hydrogen-bond donors (Lipinski definition) is 0. The minimum absolute atomic E-state index is 0.817. The molecule has 0 atom stereocenters. The maximum Gasteiger partial charge on any atom is 0.160 e. The molecule has 0 radical (unpaired) electrons. The molecular weight excluding hydrogens is 204 g/mol. The number of carbonyl (C=O) groups excluding carboxylic acids is 1. The van der Waals surface area contributed by atoms with Crippen LogP contribution < -0.4 is 0 Å². The Hall–Kier alpha value is -1.67. The van der Waals surface area contributed by atoms with E-state index in [0.717, 1.165) is 16.7 Å². The van der Waals surface area contributed by atoms with Gasteiger partial charge in [-0.05, 0) is 11.6 Å². The van der Waals surface area contributed by atoms with Gasteiger partial charge in [0, 0.05) is 15.6 Å². The Morgan fingerprint density at radius 3 is 2.87 bits per heavy atom. The van der Waals surface area contributed by atoms with Crippen molar-refractivity contribution in [2.75, 3.05) is 0 Å². The van der Waals surface area contributed by atoms with Gasteiger partial charge in [0.1, 0.15) is 0 Å². The van der Waals surface area contributed by atoms with E-state index in [1.165, 1.54) is 15.6 Å². The van der Waals surface area contributed by atoms with Crippen molar-refractivity contribution in [2.45, 2.75) is 0 Å². The molecule has 1 aromatic heterocycles. The first-order valence-electron chi connectivity index (χ1n) is 4.75. The number of allylic oxidation sites excluding steroid dienone is 2. The predicted molar refractivity (Wildman–Crippen MR) is 65.3 cm³/mol. The zero-order valence-corrected chi connectivity index (χ0v) is 8.75. The van der Waals surface area contributed by atoms with Crippen molar-refractivity contribution >= 4 is 39.9 Å². The van der Waals surface area contributed by atoms with Crippen LogP contribution in [0.2, 0.25) is 0 Å². The maximum absolute atomic E-state index is 11.0. The van der Waals surface area contributed by atoms with Gasteiger partial charge in [0.25, 0.3) is 0 Å². The molecule has 1 aliphatic rings. The molecule has 1 aromatic carbocycles. The predicted octanol–water partition coefficient (Wildman–Crippen LogP) is 3.75. The van der Waals surface area contributed by atoms with Crippen molar-refractivity contribution in [1.29, 1.82) is 0 Å². The van der Waals surface area contributed by atoms with E-state index in [0.29, 0.717) is 0 Å². The minimum atomic E-state index is 0.817. The smallest absolute Gasteiger partial charge is 0.160 e. The molecule has 0 saturated heterocycles. The van der Waals surface area contributed by atoms with Crippen molar-refractivity contribution in [3.05, 3.63) is 46.4 Å². The van der Waals surface area contributed by atoms with Crippen molar-refractivity contribution in [3.63, 3.8) is 0 Å². The summed E-state index contributed by atoms with van der Waals surface area (Å²) in [5.74, 6) is 0. The molecule has 0 amide bonds. The molecule has 15 heavy (non-hydrogen) atoms. The van der Waals surface area contributed by atoms with E-state index < -0.39 is 0 Å². The zero-order chi connectivity index (χ0) is 10.3. The van der Waals surface area contributed by atoms with E-state index in [1.807, 2.05) is 24.3 Å².